The van der Waals surface area contributed by atoms with Crippen molar-refractivity contribution < 1.29 is 12.8 Å². The highest BCUT2D eigenvalue weighted by Gasteiger charge is 2.37. The van der Waals surface area contributed by atoms with Gasteiger partial charge in [0.05, 0.1) is 10.7 Å². The van der Waals surface area contributed by atoms with E-state index in [1.807, 2.05) is 0 Å². The molecule has 0 saturated carbocycles. The van der Waals surface area contributed by atoms with Crippen molar-refractivity contribution in [3.63, 3.8) is 0 Å². The number of hydrogen-bond acceptors (Lipinski definition) is 4. The number of sulfonamides is 1. The van der Waals surface area contributed by atoms with Crippen LogP contribution in [0, 0.1) is 11.7 Å². The predicted molar refractivity (Wildman–Crippen MR) is 79.1 cm³/mol. The summed E-state index contributed by atoms with van der Waals surface area (Å²) >= 11 is 5.86. The van der Waals surface area contributed by atoms with Crippen molar-refractivity contribution in [3.05, 3.63) is 23.0 Å². The summed E-state index contributed by atoms with van der Waals surface area (Å²) in [7, 11) is -3.81. The Hall–Kier alpha value is -0.890. The third kappa shape index (κ3) is 2.88. The molecule has 3 heterocycles. The molecule has 3 fully saturated rings. The van der Waals surface area contributed by atoms with E-state index in [1.165, 1.54) is 0 Å². The molecule has 1 unspecified atom stereocenters. The van der Waals surface area contributed by atoms with Gasteiger partial charge in [-0.1, -0.05) is 11.6 Å². The average Bonchev–Trinajstić information content (AvgIpc) is 2.43. The molecule has 3 N–H and O–H groups in total. The van der Waals surface area contributed by atoms with Crippen molar-refractivity contribution >= 4 is 27.3 Å². The van der Waals surface area contributed by atoms with Gasteiger partial charge in [0.15, 0.2) is 0 Å². The van der Waals surface area contributed by atoms with Gasteiger partial charge in [0.2, 0.25) is 10.0 Å². The molecule has 3 saturated heterocycles. The van der Waals surface area contributed by atoms with Gasteiger partial charge in [-0.25, -0.2) is 17.5 Å². The number of nitrogen functional groups attached to an aromatic ring is 1. The second-order valence-electron chi connectivity index (χ2n) is 5.67. The van der Waals surface area contributed by atoms with Crippen LogP contribution in [-0.4, -0.2) is 39.0 Å². The molecule has 0 aliphatic carbocycles. The number of hydrogen-bond donors (Lipinski definition) is 2. The zero-order valence-electron chi connectivity index (χ0n) is 11.4. The van der Waals surface area contributed by atoms with E-state index in [2.05, 4.69) is 9.62 Å². The molecule has 5 nitrogen and oxygen atoms in total. The number of nitrogens with zero attached hydrogens (tertiary/aromatic N) is 1. The molecule has 116 valence electrons. The van der Waals surface area contributed by atoms with Crippen molar-refractivity contribution in [2.24, 2.45) is 5.92 Å². The second kappa shape index (κ2) is 5.39. The lowest BCUT2D eigenvalue weighted by Gasteiger charge is -2.44. The molecule has 0 aromatic heterocycles. The van der Waals surface area contributed by atoms with E-state index in [0.29, 0.717) is 12.5 Å². The van der Waals surface area contributed by atoms with Gasteiger partial charge in [-0.15, -0.1) is 0 Å². The number of piperidine rings is 3. The molecule has 3 aliphatic heterocycles. The molecular formula is C13H17ClFN3O2S. The second-order valence-corrected chi connectivity index (χ2v) is 7.76. The van der Waals surface area contributed by atoms with Crippen LogP contribution in [0.3, 0.4) is 0 Å². The number of anilines is 1. The summed E-state index contributed by atoms with van der Waals surface area (Å²) in [5, 5.41) is -0.157. The topological polar surface area (TPSA) is 75.4 Å². The lowest BCUT2D eigenvalue weighted by atomic mass is 9.85. The van der Waals surface area contributed by atoms with E-state index in [1.54, 1.807) is 0 Å². The third-order valence-corrected chi connectivity index (χ3v) is 6.26. The normalized spacial score (nSPS) is 28.8. The Bertz CT molecular complexity index is 660. The fraction of sp³-hybridized carbons (Fsp3) is 0.538. The number of fused-ring (bicyclic) bond motifs is 3. The summed E-state index contributed by atoms with van der Waals surface area (Å²) in [6.45, 7) is 2.75. The first-order chi connectivity index (χ1) is 9.87. The summed E-state index contributed by atoms with van der Waals surface area (Å²) in [6.07, 6.45) is 1.99. The first-order valence-corrected chi connectivity index (χ1v) is 8.72. The van der Waals surface area contributed by atoms with Crippen LogP contribution in [0.1, 0.15) is 12.8 Å². The van der Waals surface area contributed by atoms with Gasteiger partial charge in [0.1, 0.15) is 10.7 Å². The van der Waals surface area contributed by atoms with E-state index in [0.717, 1.165) is 38.1 Å². The van der Waals surface area contributed by atoms with E-state index >= 15 is 0 Å². The number of nitrogens with one attached hydrogen (secondary N) is 1. The Kier molecular flexibility index (Phi) is 3.85. The summed E-state index contributed by atoms with van der Waals surface area (Å²) in [6, 6.07) is 1.88. The highest BCUT2D eigenvalue weighted by Crippen LogP contribution is 2.30. The molecule has 1 aromatic rings. The SMILES string of the molecule is Nc1cc(S(=O)(=O)NC2CN3CCC2CC3)c(Cl)cc1F. The summed E-state index contributed by atoms with van der Waals surface area (Å²) < 4.78 is 40.9. The fourth-order valence-corrected chi connectivity index (χ4v) is 4.96. The molecule has 0 spiro atoms. The highest BCUT2D eigenvalue weighted by atomic mass is 35.5. The maximum Gasteiger partial charge on any atom is 0.242 e. The molecule has 3 aliphatic rings. The Morgan fingerprint density at radius 1 is 1.33 bits per heavy atom. The Balaban J connectivity index is 1.86. The third-order valence-electron chi connectivity index (χ3n) is 4.30. The Morgan fingerprint density at radius 3 is 2.57 bits per heavy atom. The van der Waals surface area contributed by atoms with Crippen LogP contribution in [0.2, 0.25) is 5.02 Å². The van der Waals surface area contributed by atoms with Gasteiger partial charge in [-0.3, -0.25) is 0 Å². The fourth-order valence-electron chi connectivity index (χ4n) is 3.11. The summed E-state index contributed by atoms with van der Waals surface area (Å²) in [5.74, 6) is -0.372. The zero-order valence-corrected chi connectivity index (χ0v) is 12.9. The van der Waals surface area contributed by atoms with Crippen LogP contribution in [0.15, 0.2) is 17.0 Å². The maximum absolute atomic E-state index is 13.3. The van der Waals surface area contributed by atoms with Crippen LogP contribution >= 0.6 is 11.6 Å². The van der Waals surface area contributed by atoms with Gasteiger partial charge in [-0.05, 0) is 44.0 Å². The lowest BCUT2D eigenvalue weighted by Crippen LogP contribution is -2.57. The molecule has 0 amide bonds. The molecule has 2 bridgehead atoms. The predicted octanol–water partition coefficient (Wildman–Crippen LogP) is 1.43. The number of rotatable bonds is 3. The first kappa shape index (κ1) is 15.0. The van der Waals surface area contributed by atoms with Crippen molar-refractivity contribution in [1.29, 1.82) is 0 Å². The monoisotopic (exact) mass is 333 g/mol. The van der Waals surface area contributed by atoms with Gasteiger partial charge in [0.25, 0.3) is 0 Å². The summed E-state index contributed by atoms with van der Waals surface area (Å²) in [5.41, 5.74) is 5.22. The van der Waals surface area contributed by atoms with E-state index in [-0.39, 0.29) is 21.6 Å². The van der Waals surface area contributed by atoms with Crippen LogP contribution in [-0.2, 0) is 10.0 Å². The Labute approximate surface area is 128 Å². The molecule has 1 aromatic carbocycles. The minimum Gasteiger partial charge on any atom is -0.396 e. The maximum atomic E-state index is 13.3. The minimum atomic E-state index is -3.81. The minimum absolute atomic E-state index is 0.125. The van der Waals surface area contributed by atoms with Gasteiger partial charge in [-0.2, -0.15) is 0 Å². The quantitative estimate of drug-likeness (QED) is 0.821. The molecule has 1 atom stereocenters. The standard InChI is InChI=1S/C13H17ClFN3O2S/c14-9-5-10(15)11(16)6-13(9)21(19,20)17-12-7-18-3-1-8(12)2-4-18/h5-6,8,12,17H,1-4,7,16H2. The summed E-state index contributed by atoms with van der Waals surface area (Å²) in [4.78, 5) is 2.08. The van der Waals surface area contributed by atoms with Crippen molar-refractivity contribution in [2.75, 3.05) is 25.4 Å². The number of halogens is 2. The largest absolute Gasteiger partial charge is 0.396 e. The van der Waals surface area contributed by atoms with Gasteiger partial charge >= 0.3 is 0 Å². The molecule has 21 heavy (non-hydrogen) atoms. The van der Waals surface area contributed by atoms with Crippen LogP contribution in [0.25, 0.3) is 0 Å². The van der Waals surface area contributed by atoms with Crippen LogP contribution in [0.4, 0.5) is 10.1 Å². The van der Waals surface area contributed by atoms with Crippen LogP contribution < -0.4 is 10.5 Å². The number of benzene rings is 1. The van der Waals surface area contributed by atoms with Gasteiger partial charge in [0, 0.05) is 12.6 Å². The van der Waals surface area contributed by atoms with Crippen molar-refractivity contribution in [1.82, 2.24) is 9.62 Å². The van der Waals surface area contributed by atoms with Crippen molar-refractivity contribution in [2.45, 2.75) is 23.8 Å². The number of nitrogens with two attached hydrogens (primary N) is 1. The highest BCUT2D eigenvalue weighted by molar-refractivity contribution is 7.89. The van der Waals surface area contributed by atoms with Gasteiger partial charge < -0.3 is 10.6 Å². The van der Waals surface area contributed by atoms with E-state index in [4.69, 9.17) is 17.3 Å². The zero-order chi connectivity index (χ0) is 15.2. The Morgan fingerprint density at radius 2 is 2.00 bits per heavy atom. The lowest BCUT2D eigenvalue weighted by molar-refractivity contribution is 0.0827. The molecule has 0 radical (unpaired) electrons. The molecule has 4 rings (SSSR count). The molecule has 8 heteroatoms. The molecular weight excluding hydrogens is 317 g/mol. The smallest absolute Gasteiger partial charge is 0.242 e. The van der Waals surface area contributed by atoms with Crippen LogP contribution in [0.5, 0.6) is 0 Å². The van der Waals surface area contributed by atoms with E-state index in [9.17, 15) is 12.8 Å². The van der Waals surface area contributed by atoms with E-state index < -0.39 is 15.8 Å². The first-order valence-electron chi connectivity index (χ1n) is 6.86. The average molecular weight is 334 g/mol. The van der Waals surface area contributed by atoms with Crippen molar-refractivity contribution in [3.8, 4) is 0 Å².